The number of hydrogen-bond donors (Lipinski definition) is 1. The minimum Gasteiger partial charge on any atom is -0.381 e. The van der Waals surface area contributed by atoms with Crippen molar-refractivity contribution >= 4 is 0 Å². The summed E-state index contributed by atoms with van der Waals surface area (Å²) in [5.74, 6) is 0. The molecule has 1 heterocycles. The Bertz CT molecular complexity index is 275. The zero-order valence-corrected chi connectivity index (χ0v) is 13.9. The molecule has 4 nitrogen and oxygen atoms in total. The first-order valence-corrected chi connectivity index (χ1v) is 9.02. The molecule has 124 valence electrons. The molecule has 1 saturated heterocycles. The van der Waals surface area contributed by atoms with Gasteiger partial charge in [-0.15, -0.1) is 0 Å². The Hall–Kier alpha value is -0.160. The van der Waals surface area contributed by atoms with Gasteiger partial charge in [-0.3, -0.25) is 4.90 Å². The smallest absolute Gasteiger partial charge is 0.0586 e. The van der Waals surface area contributed by atoms with Crippen molar-refractivity contribution in [2.75, 3.05) is 46.4 Å². The van der Waals surface area contributed by atoms with Crippen molar-refractivity contribution < 1.29 is 4.74 Å². The molecular formula is C17H35N3O. The van der Waals surface area contributed by atoms with E-state index in [0.29, 0.717) is 6.10 Å². The summed E-state index contributed by atoms with van der Waals surface area (Å²) in [5, 5.41) is 0. The molecule has 4 heteroatoms. The van der Waals surface area contributed by atoms with Gasteiger partial charge in [0.1, 0.15) is 0 Å². The van der Waals surface area contributed by atoms with Crippen LogP contribution in [0.25, 0.3) is 0 Å². The number of rotatable bonds is 7. The fourth-order valence-corrected chi connectivity index (χ4v) is 3.90. The highest BCUT2D eigenvalue weighted by Gasteiger charge is 2.27. The highest BCUT2D eigenvalue weighted by Crippen LogP contribution is 2.25. The first-order valence-electron chi connectivity index (χ1n) is 9.02. The van der Waals surface area contributed by atoms with Crippen LogP contribution in [0.2, 0.25) is 0 Å². The fraction of sp³-hybridized carbons (Fsp3) is 1.00. The summed E-state index contributed by atoms with van der Waals surface area (Å²) < 4.78 is 5.59. The molecule has 0 radical (unpaired) electrons. The van der Waals surface area contributed by atoms with Crippen molar-refractivity contribution in [1.82, 2.24) is 9.80 Å². The third kappa shape index (κ3) is 5.85. The van der Waals surface area contributed by atoms with Crippen LogP contribution < -0.4 is 5.73 Å². The van der Waals surface area contributed by atoms with Crippen LogP contribution in [0.3, 0.4) is 0 Å². The summed E-state index contributed by atoms with van der Waals surface area (Å²) in [7, 11) is 1.87. The molecule has 1 saturated carbocycles. The molecule has 1 aliphatic carbocycles. The van der Waals surface area contributed by atoms with Gasteiger partial charge in [-0.1, -0.05) is 6.42 Å². The summed E-state index contributed by atoms with van der Waals surface area (Å²) >= 11 is 0. The molecule has 0 amide bonds. The first-order chi connectivity index (χ1) is 10.3. The van der Waals surface area contributed by atoms with Crippen LogP contribution in [0.4, 0.5) is 0 Å². The maximum Gasteiger partial charge on any atom is 0.0586 e. The fourth-order valence-electron chi connectivity index (χ4n) is 3.90. The van der Waals surface area contributed by atoms with E-state index in [-0.39, 0.29) is 0 Å². The predicted octanol–water partition coefficient (Wildman–Crippen LogP) is 2.08. The Morgan fingerprint density at radius 2 is 1.90 bits per heavy atom. The lowest BCUT2D eigenvalue weighted by Gasteiger charge is -2.36. The second-order valence-electron chi connectivity index (χ2n) is 6.76. The zero-order chi connectivity index (χ0) is 14.9. The lowest BCUT2D eigenvalue weighted by molar-refractivity contribution is 0.0289. The molecule has 21 heavy (non-hydrogen) atoms. The Labute approximate surface area is 131 Å². The van der Waals surface area contributed by atoms with Crippen molar-refractivity contribution in [2.24, 2.45) is 5.73 Å². The Morgan fingerprint density at radius 3 is 2.71 bits per heavy atom. The van der Waals surface area contributed by atoms with Gasteiger partial charge in [0.15, 0.2) is 0 Å². The highest BCUT2D eigenvalue weighted by atomic mass is 16.5. The van der Waals surface area contributed by atoms with Crippen molar-refractivity contribution in [3.8, 4) is 0 Å². The average molecular weight is 297 g/mol. The quantitative estimate of drug-likeness (QED) is 0.731. The summed E-state index contributed by atoms with van der Waals surface area (Å²) in [6.07, 6.45) is 10.8. The molecule has 2 atom stereocenters. The van der Waals surface area contributed by atoms with Gasteiger partial charge >= 0.3 is 0 Å². The van der Waals surface area contributed by atoms with Gasteiger partial charge in [-0.25, -0.2) is 0 Å². The molecule has 1 aliphatic heterocycles. The van der Waals surface area contributed by atoms with Crippen LogP contribution >= 0.6 is 0 Å². The van der Waals surface area contributed by atoms with Crippen LogP contribution in [-0.4, -0.2) is 68.3 Å². The van der Waals surface area contributed by atoms with Crippen LogP contribution in [0.5, 0.6) is 0 Å². The number of nitrogens with two attached hydrogens (primary N) is 1. The molecule has 0 bridgehead atoms. The normalized spacial score (nSPS) is 29.4. The zero-order valence-electron chi connectivity index (χ0n) is 13.9. The van der Waals surface area contributed by atoms with E-state index in [4.69, 9.17) is 10.5 Å². The molecule has 2 aliphatic rings. The van der Waals surface area contributed by atoms with Gasteiger partial charge < -0.3 is 15.4 Å². The van der Waals surface area contributed by atoms with Crippen molar-refractivity contribution in [2.45, 2.75) is 63.5 Å². The first kappa shape index (κ1) is 17.2. The molecule has 2 N–H and O–H groups in total. The molecule has 2 unspecified atom stereocenters. The summed E-state index contributed by atoms with van der Waals surface area (Å²) in [5.41, 5.74) is 5.57. The molecule has 0 aromatic carbocycles. The van der Waals surface area contributed by atoms with Gasteiger partial charge in [0.25, 0.3) is 0 Å². The van der Waals surface area contributed by atoms with E-state index in [1.54, 1.807) is 0 Å². The van der Waals surface area contributed by atoms with Gasteiger partial charge in [0, 0.05) is 26.2 Å². The molecular weight excluding hydrogens is 262 g/mol. The maximum absolute atomic E-state index is 5.59. The second-order valence-corrected chi connectivity index (χ2v) is 6.76. The summed E-state index contributed by atoms with van der Waals surface area (Å²) in [6, 6.07) is 0.765. The Balaban J connectivity index is 1.70. The van der Waals surface area contributed by atoms with E-state index in [1.807, 2.05) is 7.11 Å². The van der Waals surface area contributed by atoms with Crippen molar-refractivity contribution in [1.29, 1.82) is 0 Å². The SMILES string of the molecule is COC1CCCC(N2CCCN(CCCCCN)CC2)C1. The monoisotopic (exact) mass is 297 g/mol. The van der Waals surface area contributed by atoms with E-state index < -0.39 is 0 Å². The number of ether oxygens (including phenoxy) is 1. The van der Waals surface area contributed by atoms with Crippen LogP contribution in [0.1, 0.15) is 51.4 Å². The molecule has 0 spiro atoms. The van der Waals surface area contributed by atoms with Gasteiger partial charge in [-0.05, 0) is 71.1 Å². The van der Waals surface area contributed by atoms with Crippen LogP contribution in [0.15, 0.2) is 0 Å². The number of nitrogens with zero attached hydrogens (tertiary/aromatic N) is 2. The average Bonchev–Trinajstić information content (AvgIpc) is 2.77. The van der Waals surface area contributed by atoms with Gasteiger partial charge in [0.2, 0.25) is 0 Å². The third-order valence-electron chi connectivity index (χ3n) is 5.25. The van der Waals surface area contributed by atoms with Gasteiger partial charge in [0.05, 0.1) is 6.10 Å². The minimum atomic E-state index is 0.499. The lowest BCUT2D eigenvalue weighted by atomic mass is 9.91. The molecule has 2 fully saturated rings. The van der Waals surface area contributed by atoms with E-state index in [0.717, 1.165) is 12.6 Å². The number of hydrogen-bond acceptors (Lipinski definition) is 4. The largest absolute Gasteiger partial charge is 0.381 e. The van der Waals surface area contributed by atoms with E-state index in [2.05, 4.69) is 9.80 Å². The third-order valence-corrected chi connectivity index (χ3v) is 5.25. The number of methoxy groups -OCH3 is 1. The van der Waals surface area contributed by atoms with Crippen molar-refractivity contribution in [3.63, 3.8) is 0 Å². The van der Waals surface area contributed by atoms with E-state index >= 15 is 0 Å². The van der Waals surface area contributed by atoms with Gasteiger partial charge in [-0.2, -0.15) is 0 Å². The highest BCUT2D eigenvalue weighted by molar-refractivity contribution is 4.83. The minimum absolute atomic E-state index is 0.499. The summed E-state index contributed by atoms with van der Waals surface area (Å²) in [4.78, 5) is 5.40. The standard InChI is InChI=1S/C17H35N3O/c1-21-17-8-5-7-16(15-17)20-12-6-11-19(13-14-20)10-4-2-3-9-18/h16-17H,2-15,18H2,1H3. The van der Waals surface area contributed by atoms with E-state index in [1.165, 1.54) is 84.1 Å². The molecule has 0 aromatic heterocycles. The number of unbranched alkanes of at least 4 members (excludes halogenated alkanes) is 2. The Morgan fingerprint density at radius 1 is 1.00 bits per heavy atom. The Kier molecular flexibility index (Phi) is 8.01. The molecule has 2 rings (SSSR count). The lowest BCUT2D eigenvalue weighted by Crippen LogP contribution is -2.42. The maximum atomic E-state index is 5.59. The second kappa shape index (κ2) is 9.78. The van der Waals surface area contributed by atoms with E-state index in [9.17, 15) is 0 Å². The van der Waals surface area contributed by atoms with Crippen LogP contribution in [0, 0.1) is 0 Å². The topological polar surface area (TPSA) is 41.7 Å². The predicted molar refractivity (Wildman–Crippen MR) is 88.6 cm³/mol. The summed E-state index contributed by atoms with van der Waals surface area (Å²) in [6.45, 7) is 7.16. The van der Waals surface area contributed by atoms with Crippen molar-refractivity contribution in [3.05, 3.63) is 0 Å². The molecule has 0 aromatic rings. The van der Waals surface area contributed by atoms with Crippen LogP contribution in [-0.2, 0) is 4.74 Å².